The average Bonchev–Trinajstić information content (AvgIpc) is 2.91. The first-order valence-electron chi connectivity index (χ1n) is 5.04. The van der Waals surface area contributed by atoms with Crippen LogP contribution in [-0.2, 0) is 15.6 Å². The van der Waals surface area contributed by atoms with Gasteiger partial charge in [0.25, 0.3) is 9.05 Å². The molecule has 1 fully saturated rings. The summed E-state index contributed by atoms with van der Waals surface area (Å²) in [5.41, 5.74) is 0. The molecule has 9 heteroatoms. The molecule has 0 amide bonds. The van der Waals surface area contributed by atoms with Crippen molar-refractivity contribution in [1.82, 2.24) is 9.78 Å². The SMILES string of the molecule is O=[N+]([O-])c1nn(CCC2CC2)cc1S(=O)(=O)Cl. The minimum Gasteiger partial charge on any atom is -0.358 e. The fourth-order valence-electron chi connectivity index (χ4n) is 1.53. The maximum atomic E-state index is 11.1. The Labute approximate surface area is 102 Å². The molecule has 0 aromatic carbocycles. The normalized spacial score (nSPS) is 16.1. The van der Waals surface area contributed by atoms with Gasteiger partial charge in [0, 0.05) is 10.7 Å². The topological polar surface area (TPSA) is 95.1 Å². The molecule has 0 atom stereocenters. The first kappa shape index (κ1) is 12.3. The summed E-state index contributed by atoms with van der Waals surface area (Å²) in [7, 11) is 0.977. The van der Waals surface area contributed by atoms with E-state index in [0.717, 1.165) is 25.5 Å². The molecule has 17 heavy (non-hydrogen) atoms. The van der Waals surface area contributed by atoms with Crippen molar-refractivity contribution < 1.29 is 13.3 Å². The fourth-order valence-corrected chi connectivity index (χ4v) is 2.43. The molecule has 1 aromatic rings. The van der Waals surface area contributed by atoms with Crippen molar-refractivity contribution in [2.45, 2.75) is 30.7 Å². The van der Waals surface area contributed by atoms with Crippen LogP contribution in [-0.4, -0.2) is 23.1 Å². The Bertz CT molecular complexity index is 549. The van der Waals surface area contributed by atoms with Crippen LogP contribution in [0, 0.1) is 16.0 Å². The number of hydrogen-bond donors (Lipinski definition) is 0. The van der Waals surface area contributed by atoms with Crippen molar-refractivity contribution in [3.05, 3.63) is 16.3 Å². The molecule has 0 unspecified atom stereocenters. The molecule has 94 valence electrons. The highest BCUT2D eigenvalue weighted by molar-refractivity contribution is 8.13. The maximum Gasteiger partial charge on any atom is 0.410 e. The summed E-state index contributed by atoms with van der Waals surface area (Å²) in [6.07, 6.45) is 4.28. The summed E-state index contributed by atoms with van der Waals surface area (Å²) < 4.78 is 23.5. The average molecular weight is 280 g/mol. The lowest BCUT2D eigenvalue weighted by Crippen LogP contribution is -2.00. The number of rotatable bonds is 5. The quantitative estimate of drug-likeness (QED) is 0.462. The Morgan fingerprint density at radius 1 is 1.59 bits per heavy atom. The van der Waals surface area contributed by atoms with E-state index < -0.39 is 24.7 Å². The second kappa shape index (κ2) is 4.26. The van der Waals surface area contributed by atoms with E-state index in [0.29, 0.717) is 12.5 Å². The van der Waals surface area contributed by atoms with Gasteiger partial charge in [0.15, 0.2) is 0 Å². The largest absolute Gasteiger partial charge is 0.410 e. The van der Waals surface area contributed by atoms with Gasteiger partial charge < -0.3 is 10.1 Å². The van der Waals surface area contributed by atoms with Crippen LogP contribution >= 0.6 is 10.7 Å². The Morgan fingerprint density at radius 3 is 2.65 bits per heavy atom. The molecule has 0 radical (unpaired) electrons. The minimum absolute atomic E-state index is 0.470. The number of nitro groups is 1. The van der Waals surface area contributed by atoms with E-state index in [2.05, 4.69) is 5.10 Å². The Morgan fingerprint density at radius 2 is 2.24 bits per heavy atom. The molecule has 1 saturated carbocycles. The van der Waals surface area contributed by atoms with Crippen LogP contribution in [0.15, 0.2) is 11.1 Å². The summed E-state index contributed by atoms with van der Waals surface area (Å²) in [5.74, 6) is -0.0786. The zero-order valence-electron chi connectivity index (χ0n) is 8.74. The van der Waals surface area contributed by atoms with Gasteiger partial charge in [0.2, 0.25) is 4.90 Å². The van der Waals surface area contributed by atoms with Crippen LogP contribution in [0.5, 0.6) is 0 Å². The zero-order chi connectivity index (χ0) is 12.6. The molecule has 0 saturated heterocycles. The van der Waals surface area contributed by atoms with Crippen molar-refractivity contribution in [3.8, 4) is 0 Å². The Kier molecular flexibility index (Phi) is 3.09. The highest BCUT2D eigenvalue weighted by atomic mass is 35.7. The second-order valence-electron chi connectivity index (χ2n) is 4.01. The molecule has 0 bridgehead atoms. The van der Waals surface area contributed by atoms with E-state index >= 15 is 0 Å². The predicted octanol–water partition coefficient (Wildman–Crippen LogP) is 1.52. The smallest absolute Gasteiger partial charge is 0.358 e. The van der Waals surface area contributed by atoms with Crippen LogP contribution in [0.1, 0.15) is 19.3 Å². The van der Waals surface area contributed by atoms with Crippen LogP contribution < -0.4 is 0 Å². The lowest BCUT2D eigenvalue weighted by atomic mass is 10.3. The number of aryl methyl sites for hydroxylation is 1. The van der Waals surface area contributed by atoms with Gasteiger partial charge in [-0.3, -0.25) is 0 Å². The van der Waals surface area contributed by atoms with Gasteiger partial charge in [-0.05, 0) is 17.3 Å². The maximum absolute atomic E-state index is 11.1. The van der Waals surface area contributed by atoms with E-state index in [-0.39, 0.29) is 0 Å². The van der Waals surface area contributed by atoms with Crippen molar-refractivity contribution >= 4 is 25.6 Å². The lowest BCUT2D eigenvalue weighted by Gasteiger charge is -1.93. The first-order chi connectivity index (χ1) is 7.88. The number of aromatic nitrogens is 2. The number of halogens is 1. The Hall–Kier alpha value is -1.15. The molecule has 1 aliphatic rings. The molecule has 0 aliphatic heterocycles. The standard InChI is InChI=1S/C8H10ClN3O4S/c9-17(15,16)7-5-11(4-3-6-1-2-6)10-8(7)12(13)14/h5-6H,1-4H2. The monoisotopic (exact) mass is 279 g/mol. The lowest BCUT2D eigenvalue weighted by molar-refractivity contribution is -0.392. The molecular weight excluding hydrogens is 270 g/mol. The number of nitrogens with zero attached hydrogens (tertiary/aromatic N) is 3. The van der Waals surface area contributed by atoms with Gasteiger partial charge in [-0.15, -0.1) is 0 Å². The van der Waals surface area contributed by atoms with Crippen molar-refractivity contribution in [2.24, 2.45) is 5.92 Å². The van der Waals surface area contributed by atoms with E-state index in [1.54, 1.807) is 0 Å². The molecule has 0 spiro atoms. The predicted molar refractivity (Wildman–Crippen MR) is 59.3 cm³/mol. The molecule has 7 nitrogen and oxygen atoms in total. The molecule has 2 rings (SSSR count). The summed E-state index contributed by atoms with van der Waals surface area (Å²) in [5, 5.41) is 14.3. The highest BCUT2D eigenvalue weighted by Gasteiger charge is 2.30. The summed E-state index contributed by atoms with van der Waals surface area (Å²) in [6, 6.07) is 0. The van der Waals surface area contributed by atoms with E-state index in [1.165, 1.54) is 4.68 Å². The van der Waals surface area contributed by atoms with E-state index in [4.69, 9.17) is 10.7 Å². The first-order valence-corrected chi connectivity index (χ1v) is 7.35. The van der Waals surface area contributed by atoms with Gasteiger partial charge in [0.05, 0.1) is 17.8 Å². The van der Waals surface area contributed by atoms with E-state index in [1.807, 2.05) is 0 Å². The summed E-state index contributed by atoms with van der Waals surface area (Å²) in [6.45, 7) is 0.470. The van der Waals surface area contributed by atoms with Crippen molar-refractivity contribution in [2.75, 3.05) is 0 Å². The van der Waals surface area contributed by atoms with E-state index in [9.17, 15) is 18.5 Å². The zero-order valence-corrected chi connectivity index (χ0v) is 10.3. The third kappa shape index (κ3) is 2.95. The molecular formula is C8H10ClN3O4S. The van der Waals surface area contributed by atoms with Crippen molar-refractivity contribution in [3.63, 3.8) is 0 Å². The Balaban J connectivity index is 2.26. The molecule has 1 aliphatic carbocycles. The molecule has 0 N–H and O–H groups in total. The molecule has 1 heterocycles. The van der Waals surface area contributed by atoms with Gasteiger partial charge >= 0.3 is 5.82 Å². The van der Waals surface area contributed by atoms with Gasteiger partial charge in [-0.2, -0.15) is 4.68 Å². The van der Waals surface area contributed by atoms with Crippen LogP contribution in [0.3, 0.4) is 0 Å². The van der Waals surface area contributed by atoms with Crippen LogP contribution in [0.25, 0.3) is 0 Å². The summed E-state index contributed by atoms with van der Waals surface area (Å²) >= 11 is 0. The van der Waals surface area contributed by atoms with Gasteiger partial charge in [-0.25, -0.2) is 8.42 Å². The third-order valence-electron chi connectivity index (χ3n) is 2.61. The van der Waals surface area contributed by atoms with Gasteiger partial charge in [-0.1, -0.05) is 12.8 Å². The van der Waals surface area contributed by atoms with Crippen molar-refractivity contribution in [1.29, 1.82) is 0 Å². The second-order valence-corrected chi connectivity index (χ2v) is 6.54. The minimum atomic E-state index is -4.13. The third-order valence-corrected chi connectivity index (χ3v) is 3.92. The number of hydrogen-bond acceptors (Lipinski definition) is 5. The molecule has 1 aromatic heterocycles. The van der Waals surface area contributed by atoms with Crippen LogP contribution in [0.4, 0.5) is 5.82 Å². The van der Waals surface area contributed by atoms with Gasteiger partial charge in [0.1, 0.15) is 0 Å². The summed E-state index contributed by atoms with van der Waals surface area (Å²) in [4.78, 5) is 9.25. The fraction of sp³-hybridized carbons (Fsp3) is 0.625. The highest BCUT2D eigenvalue weighted by Crippen LogP contribution is 2.33. The van der Waals surface area contributed by atoms with Crippen LogP contribution in [0.2, 0.25) is 0 Å².